The second-order valence-corrected chi connectivity index (χ2v) is 7.36. The Balaban J connectivity index is 2.16. The fourth-order valence-electron chi connectivity index (χ4n) is 2.16. The van der Waals surface area contributed by atoms with E-state index in [0.29, 0.717) is 0 Å². The zero-order valence-electron chi connectivity index (χ0n) is 12.1. The van der Waals surface area contributed by atoms with Gasteiger partial charge in [-0.15, -0.1) is 0 Å². The van der Waals surface area contributed by atoms with Gasteiger partial charge in [0.05, 0.1) is 5.75 Å². The molecule has 0 fully saturated rings. The van der Waals surface area contributed by atoms with E-state index >= 15 is 0 Å². The molecule has 1 atom stereocenters. The molecule has 0 bridgehead atoms. The Morgan fingerprint density at radius 3 is 2.36 bits per heavy atom. The van der Waals surface area contributed by atoms with Gasteiger partial charge < -0.3 is 5.32 Å². The van der Waals surface area contributed by atoms with Crippen molar-refractivity contribution in [3.8, 4) is 0 Å². The van der Waals surface area contributed by atoms with Crippen molar-refractivity contribution in [2.75, 3.05) is 12.0 Å². The van der Waals surface area contributed by atoms with Crippen LogP contribution in [-0.4, -0.2) is 20.4 Å². The SMILES string of the molecule is CS(=O)(=O)C[C@H](NCc1ccc(F)cc1F)c1ccccc1. The van der Waals surface area contributed by atoms with Gasteiger partial charge in [0.15, 0.2) is 0 Å². The highest BCUT2D eigenvalue weighted by molar-refractivity contribution is 7.90. The average molecular weight is 325 g/mol. The third kappa shape index (κ3) is 4.89. The highest BCUT2D eigenvalue weighted by Crippen LogP contribution is 2.17. The summed E-state index contributed by atoms with van der Waals surface area (Å²) in [5, 5.41) is 3.03. The number of sulfone groups is 1. The van der Waals surface area contributed by atoms with Crippen LogP contribution < -0.4 is 5.32 Å². The van der Waals surface area contributed by atoms with E-state index in [1.165, 1.54) is 12.1 Å². The molecule has 118 valence electrons. The average Bonchev–Trinajstić information content (AvgIpc) is 2.45. The van der Waals surface area contributed by atoms with Gasteiger partial charge in [-0.2, -0.15) is 0 Å². The summed E-state index contributed by atoms with van der Waals surface area (Å²) in [7, 11) is -3.21. The monoisotopic (exact) mass is 325 g/mol. The normalized spacial score (nSPS) is 13.0. The molecule has 22 heavy (non-hydrogen) atoms. The van der Waals surface area contributed by atoms with Crippen molar-refractivity contribution in [1.29, 1.82) is 0 Å². The van der Waals surface area contributed by atoms with Crippen LogP contribution in [0, 0.1) is 11.6 Å². The summed E-state index contributed by atoms with van der Waals surface area (Å²) in [5.41, 5.74) is 1.09. The molecule has 0 aliphatic heterocycles. The number of halogens is 2. The van der Waals surface area contributed by atoms with E-state index in [2.05, 4.69) is 5.32 Å². The summed E-state index contributed by atoms with van der Waals surface area (Å²) in [6.07, 6.45) is 1.16. The van der Waals surface area contributed by atoms with E-state index in [9.17, 15) is 17.2 Å². The smallest absolute Gasteiger partial charge is 0.149 e. The van der Waals surface area contributed by atoms with Crippen LogP contribution in [0.2, 0.25) is 0 Å². The van der Waals surface area contributed by atoms with E-state index in [1.54, 1.807) is 0 Å². The summed E-state index contributed by atoms with van der Waals surface area (Å²) in [6.45, 7) is 0.112. The molecule has 2 aromatic carbocycles. The lowest BCUT2D eigenvalue weighted by Gasteiger charge is -2.18. The van der Waals surface area contributed by atoms with Gasteiger partial charge in [-0.3, -0.25) is 0 Å². The first-order valence-corrected chi connectivity index (χ1v) is 8.81. The van der Waals surface area contributed by atoms with E-state index < -0.39 is 27.5 Å². The Hall–Kier alpha value is -1.79. The number of benzene rings is 2. The largest absolute Gasteiger partial charge is 0.305 e. The maximum absolute atomic E-state index is 13.6. The van der Waals surface area contributed by atoms with Gasteiger partial charge in [0.1, 0.15) is 21.5 Å². The molecule has 0 amide bonds. The number of hydrogen-bond acceptors (Lipinski definition) is 3. The Morgan fingerprint density at radius 1 is 1.09 bits per heavy atom. The second kappa shape index (κ2) is 6.98. The van der Waals surface area contributed by atoms with E-state index in [4.69, 9.17) is 0 Å². The number of nitrogens with one attached hydrogen (secondary N) is 1. The lowest BCUT2D eigenvalue weighted by Crippen LogP contribution is -2.27. The summed E-state index contributed by atoms with van der Waals surface area (Å²) >= 11 is 0. The van der Waals surface area contributed by atoms with Crippen molar-refractivity contribution in [2.24, 2.45) is 0 Å². The van der Waals surface area contributed by atoms with Crippen molar-refractivity contribution in [1.82, 2.24) is 5.32 Å². The highest BCUT2D eigenvalue weighted by Gasteiger charge is 2.17. The van der Waals surface area contributed by atoms with Crippen LogP contribution in [0.5, 0.6) is 0 Å². The molecule has 3 nitrogen and oxygen atoms in total. The van der Waals surface area contributed by atoms with Crippen LogP contribution >= 0.6 is 0 Å². The molecule has 0 aliphatic carbocycles. The molecule has 0 unspecified atom stereocenters. The first-order chi connectivity index (χ1) is 10.3. The van der Waals surface area contributed by atoms with Gasteiger partial charge in [0, 0.05) is 30.5 Å². The van der Waals surface area contributed by atoms with Crippen molar-refractivity contribution >= 4 is 9.84 Å². The molecule has 0 saturated heterocycles. The minimum absolute atomic E-state index is 0.0974. The zero-order valence-corrected chi connectivity index (χ0v) is 12.9. The lowest BCUT2D eigenvalue weighted by molar-refractivity contribution is 0.527. The third-order valence-electron chi connectivity index (χ3n) is 3.23. The Labute approximate surface area is 128 Å². The molecule has 0 saturated carbocycles. The van der Waals surface area contributed by atoms with Crippen LogP contribution in [0.3, 0.4) is 0 Å². The third-order valence-corrected chi connectivity index (χ3v) is 4.16. The molecule has 0 radical (unpaired) electrons. The molecule has 2 rings (SSSR count). The van der Waals surface area contributed by atoms with E-state index in [0.717, 1.165) is 17.9 Å². The Morgan fingerprint density at radius 2 is 1.77 bits per heavy atom. The van der Waals surface area contributed by atoms with E-state index in [-0.39, 0.29) is 17.9 Å². The lowest BCUT2D eigenvalue weighted by atomic mass is 10.1. The Bertz CT molecular complexity index is 733. The maximum atomic E-state index is 13.6. The predicted octanol–water partition coefficient (Wildman–Crippen LogP) is 2.84. The molecular weight excluding hydrogens is 308 g/mol. The molecule has 0 spiro atoms. The molecular formula is C16H17F2NO2S. The van der Waals surface area contributed by atoms with Gasteiger partial charge in [-0.05, 0) is 11.6 Å². The first kappa shape index (κ1) is 16.6. The summed E-state index contributed by atoms with van der Waals surface area (Å²) < 4.78 is 49.7. The number of hydrogen-bond donors (Lipinski definition) is 1. The molecule has 1 N–H and O–H groups in total. The zero-order chi connectivity index (χ0) is 16.2. The standard InChI is InChI=1S/C16H17F2NO2S/c1-22(20,21)11-16(12-5-3-2-4-6-12)19-10-13-7-8-14(17)9-15(13)18/h2-9,16,19H,10-11H2,1H3/t16-/m0/s1. The van der Waals surface area contributed by atoms with Crippen LogP contribution in [0.4, 0.5) is 8.78 Å². The van der Waals surface area contributed by atoms with Crippen LogP contribution in [0.25, 0.3) is 0 Å². The molecule has 0 heterocycles. The first-order valence-electron chi connectivity index (χ1n) is 6.75. The Kier molecular flexibility index (Phi) is 5.26. The summed E-state index contributed by atoms with van der Waals surface area (Å²) in [5.74, 6) is -1.39. The minimum Gasteiger partial charge on any atom is -0.305 e. The second-order valence-electron chi connectivity index (χ2n) is 5.17. The highest BCUT2D eigenvalue weighted by atomic mass is 32.2. The van der Waals surface area contributed by atoms with Gasteiger partial charge >= 0.3 is 0 Å². The van der Waals surface area contributed by atoms with Crippen molar-refractivity contribution < 1.29 is 17.2 Å². The topological polar surface area (TPSA) is 46.2 Å². The van der Waals surface area contributed by atoms with Crippen LogP contribution in [-0.2, 0) is 16.4 Å². The minimum atomic E-state index is -3.21. The summed E-state index contributed by atoms with van der Waals surface area (Å²) in [4.78, 5) is 0. The van der Waals surface area contributed by atoms with Crippen molar-refractivity contribution in [2.45, 2.75) is 12.6 Å². The van der Waals surface area contributed by atoms with Gasteiger partial charge in [-0.25, -0.2) is 17.2 Å². The van der Waals surface area contributed by atoms with Crippen molar-refractivity contribution in [3.05, 3.63) is 71.3 Å². The van der Waals surface area contributed by atoms with Crippen molar-refractivity contribution in [3.63, 3.8) is 0 Å². The van der Waals surface area contributed by atoms with Crippen LogP contribution in [0.15, 0.2) is 48.5 Å². The van der Waals surface area contributed by atoms with Gasteiger partial charge in [0.2, 0.25) is 0 Å². The van der Waals surface area contributed by atoms with E-state index in [1.807, 2.05) is 30.3 Å². The van der Waals surface area contributed by atoms with Gasteiger partial charge in [-0.1, -0.05) is 36.4 Å². The summed E-state index contributed by atoms with van der Waals surface area (Å²) in [6, 6.07) is 11.9. The molecule has 0 aliphatic rings. The number of rotatable bonds is 6. The van der Waals surface area contributed by atoms with Crippen LogP contribution in [0.1, 0.15) is 17.2 Å². The maximum Gasteiger partial charge on any atom is 0.149 e. The molecule has 6 heteroatoms. The quantitative estimate of drug-likeness (QED) is 0.888. The fraction of sp³-hybridized carbons (Fsp3) is 0.250. The van der Waals surface area contributed by atoms with Gasteiger partial charge in [0.25, 0.3) is 0 Å². The molecule has 2 aromatic rings. The molecule has 0 aromatic heterocycles. The predicted molar refractivity (Wildman–Crippen MR) is 82.1 cm³/mol. The fourth-order valence-corrected chi connectivity index (χ4v) is 3.08.